The Morgan fingerprint density at radius 1 is 1.38 bits per heavy atom. The molecule has 3 rings (SSSR count). The van der Waals surface area contributed by atoms with Gasteiger partial charge in [-0.25, -0.2) is 18.3 Å². The van der Waals surface area contributed by atoms with Crippen molar-refractivity contribution in [3.8, 4) is 0 Å². The maximum atomic E-state index is 13.6. The Morgan fingerprint density at radius 2 is 2.10 bits per heavy atom. The van der Waals surface area contributed by atoms with Gasteiger partial charge in [0.2, 0.25) is 0 Å². The summed E-state index contributed by atoms with van der Waals surface area (Å²) >= 11 is 1.57. The number of aromatic nitrogens is 3. The van der Waals surface area contributed by atoms with Crippen LogP contribution in [-0.2, 0) is 11.3 Å². The highest BCUT2D eigenvalue weighted by Gasteiger charge is 2.33. The van der Waals surface area contributed by atoms with Crippen molar-refractivity contribution < 1.29 is 18.3 Å². The number of anilines is 1. The largest absolute Gasteiger partial charge is 0.442 e. The number of cyclic esters (lactones) is 1. The summed E-state index contributed by atoms with van der Waals surface area (Å²) in [6.45, 7) is 0.524. The average molecular weight is 406 g/mol. The summed E-state index contributed by atoms with van der Waals surface area (Å²) in [4.78, 5) is 13.0. The minimum absolute atomic E-state index is 0.108. The fourth-order valence-corrected chi connectivity index (χ4v) is 2.38. The summed E-state index contributed by atoms with van der Waals surface area (Å²) in [5.74, 6) is -1.42. The lowest BCUT2D eigenvalue weighted by Gasteiger charge is -2.13. The van der Waals surface area contributed by atoms with Gasteiger partial charge < -0.3 is 4.74 Å². The molecule has 0 spiro atoms. The molecule has 1 aromatic heterocycles. The Hall–Kier alpha value is -1.78. The van der Waals surface area contributed by atoms with Crippen molar-refractivity contribution in [1.29, 1.82) is 0 Å². The van der Waals surface area contributed by atoms with Crippen LogP contribution in [0.3, 0.4) is 0 Å². The Morgan fingerprint density at radius 3 is 2.71 bits per heavy atom. The van der Waals surface area contributed by atoms with Crippen LogP contribution in [0.25, 0.3) is 0 Å². The monoisotopic (exact) mass is 406 g/mol. The van der Waals surface area contributed by atoms with Gasteiger partial charge in [-0.05, 0) is 34.7 Å². The van der Waals surface area contributed by atoms with Crippen LogP contribution < -0.4 is 4.90 Å². The molecule has 0 saturated carbocycles. The highest BCUT2D eigenvalue weighted by Crippen LogP contribution is 2.27. The molecule has 0 bridgehead atoms. The van der Waals surface area contributed by atoms with Crippen LogP contribution in [0.4, 0.5) is 19.3 Å². The van der Waals surface area contributed by atoms with Crippen LogP contribution in [0.1, 0.15) is 0 Å². The summed E-state index contributed by atoms with van der Waals surface area (Å²) in [6, 6.07) is 2.23. The van der Waals surface area contributed by atoms with Crippen molar-refractivity contribution in [1.82, 2.24) is 15.0 Å². The first-order valence-corrected chi connectivity index (χ1v) is 7.09. The Balaban J connectivity index is 1.79. The first kappa shape index (κ1) is 14.2. The van der Waals surface area contributed by atoms with E-state index in [-0.39, 0.29) is 15.8 Å². The number of hydrogen-bond acceptors (Lipinski definition) is 4. The van der Waals surface area contributed by atoms with Gasteiger partial charge in [0, 0.05) is 6.20 Å². The molecule has 0 radical (unpaired) electrons. The molecule has 0 N–H and O–H groups in total. The fourth-order valence-electron chi connectivity index (χ4n) is 2.06. The molecular weight excluding hydrogens is 397 g/mol. The smallest absolute Gasteiger partial charge is 0.414 e. The minimum atomic E-state index is -0.710. The van der Waals surface area contributed by atoms with Crippen LogP contribution in [0, 0.1) is 15.2 Å². The number of benzene rings is 1. The second kappa shape index (κ2) is 5.54. The molecule has 21 heavy (non-hydrogen) atoms. The van der Waals surface area contributed by atoms with Gasteiger partial charge in [-0.15, -0.1) is 5.10 Å². The molecule has 110 valence electrons. The van der Waals surface area contributed by atoms with Crippen LogP contribution >= 0.6 is 22.6 Å². The van der Waals surface area contributed by atoms with Gasteiger partial charge >= 0.3 is 6.09 Å². The average Bonchev–Trinajstić information content (AvgIpc) is 3.06. The van der Waals surface area contributed by atoms with Gasteiger partial charge in [0.05, 0.1) is 28.5 Å². The zero-order valence-corrected chi connectivity index (χ0v) is 12.7. The van der Waals surface area contributed by atoms with E-state index < -0.39 is 23.8 Å². The predicted octanol–water partition coefficient (Wildman–Crippen LogP) is 2.19. The van der Waals surface area contributed by atoms with E-state index >= 15 is 0 Å². The van der Waals surface area contributed by atoms with Gasteiger partial charge in [0.25, 0.3) is 0 Å². The zero-order valence-electron chi connectivity index (χ0n) is 10.5. The molecule has 9 heteroatoms. The van der Waals surface area contributed by atoms with E-state index in [0.717, 1.165) is 12.1 Å². The highest BCUT2D eigenvalue weighted by molar-refractivity contribution is 14.1. The van der Waals surface area contributed by atoms with E-state index in [0.29, 0.717) is 6.54 Å². The van der Waals surface area contributed by atoms with E-state index in [1.165, 1.54) is 15.8 Å². The maximum Gasteiger partial charge on any atom is 0.414 e. The first-order valence-electron chi connectivity index (χ1n) is 6.01. The molecule has 1 fully saturated rings. The number of carbonyl (C=O) groups excluding carboxylic acids is 1. The third-order valence-electron chi connectivity index (χ3n) is 3.02. The lowest BCUT2D eigenvalue weighted by molar-refractivity contribution is 0.129. The highest BCUT2D eigenvalue weighted by atomic mass is 127. The summed E-state index contributed by atoms with van der Waals surface area (Å²) in [5, 5.41) is 7.43. The van der Waals surface area contributed by atoms with Crippen molar-refractivity contribution in [2.24, 2.45) is 0 Å². The molecule has 0 aliphatic carbocycles. The minimum Gasteiger partial charge on any atom is -0.442 e. The Bertz CT molecular complexity index is 657. The predicted molar refractivity (Wildman–Crippen MR) is 76.7 cm³/mol. The summed E-state index contributed by atoms with van der Waals surface area (Å²) in [5.41, 5.74) is 0.136. The molecule has 1 aromatic carbocycles. The summed E-state index contributed by atoms with van der Waals surface area (Å²) < 4.78 is 33.7. The Labute approximate surface area is 131 Å². The van der Waals surface area contributed by atoms with Gasteiger partial charge in [-0.1, -0.05) is 5.21 Å². The van der Waals surface area contributed by atoms with Crippen LogP contribution in [0.5, 0.6) is 0 Å². The quantitative estimate of drug-likeness (QED) is 0.580. The molecule has 1 aliphatic heterocycles. The van der Waals surface area contributed by atoms with Gasteiger partial charge in [0.1, 0.15) is 17.7 Å². The molecule has 2 aromatic rings. The third kappa shape index (κ3) is 2.82. The third-order valence-corrected chi connectivity index (χ3v) is 4.05. The van der Waals surface area contributed by atoms with Crippen molar-refractivity contribution in [2.75, 3.05) is 11.4 Å². The number of ether oxygens (including phenoxy) is 1. The van der Waals surface area contributed by atoms with Crippen LogP contribution in [0.15, 0.2) is 24.5 Å². The SMILES string of the molecule is O=C1OC(Cn2ccnn2)CN1c1cc(F)c(I)c(F)c1. The molecule has 1 unspecified atom stereocenters. The van der Waals surface area contributed by atoms with E-state index in [1.54, 1.807) is 28.8 Å². The van der Waals surface area contributed by atoms with Gasteiger partial charge in [0.15, 0.2) is 0 Å². The number of rotatable bonds is 3. The zero-order chi connectivity index (χ0) is 15.0. The van der Waals surface area contributed by atoms with Gasteiger partial charge in [-0.3, -0.25) is 4.90 Å². The van der Waals surface area contributed by atoms with Crippen molar-refractivity contribution >= 4 is 34.4 Å². The molecular formula is C12H9F2IN4O2. The number of carbonyl (C=O) groups is 1. The molecule has 1 aliphatic rings. The lowest BCUT2D eigenvalue weighted by atomic mass is 10.2. The van der Waals surface area contributed by atoms with Crippen molar-refractivity contribution in [3.63, 3.8) is 0 Å². The lowest BCUT2D eigenvalue weighted by Crippen LogP contribution is -2.26. The number of nitrogens with zero attached hydrogens (tertiary/aromatic N) is 4. The standard InChI is InChI=1S/C12H9F2IN4O2/c13-9-3-7(4-10(14)11(9)15)19-6-8(21-12(19)20)5-18-2-1-16-17-18/h1-4,8H,5-6H2. The Kier molecular flexibility index (Phi) is 3.74. The number of halogens is 3. The second-order valence-corrected chi connectivity index (χ2v) is 5.54. The second-order valence-electron chi connectivity index (χ2n) is 4.46. The van der Waals surface area contributed by atoms with Crippen LogP contribution in [-0.4, -0.2) is 33.7 Å². The van der Waals surface area contributed by atoms with Crippen molar-refractivity contribution in [3.05, 3.63) is 39.7 Å². The van der Waals surface area contributed by atoms with E-state index in [2.05, 4.69) is 10.3 Å². The first-order chi connectivity index (χ1) is 10.0. The molecule has 1 atom stereocenters. The van der Waals surface area contributed by atoms with E-state index in [4.69, 9.17) is 4.74 Å². The maximum absolute atomic E-state index is 13.6. The number of hydrogen-bond donors (Lipinski definition) is 0. The number of amides is 1. The summed E-state index contributed by atoms with van der Waals surface area (Å²) in [6.07, 6.45) is 2.06. The summed E-state index contributed by atoms with van der Waals surface area (Å²) in [7, 11) is 0. The molecule has 1 saturated heterocycles. The normalized spacial score (nSPS) is 18.1. The van der Waals surface area contributed by atoms with E-state index in [9.17, 15) is 13.6 Å². The van der Waals surface area contributed by atoms with Crippen molar-refractivity contribution in [2.45, 2.75) is 12.6 Å². The molecule has 2 heterocycles. The van der Waals surface area contributed by atoms with E-state index in [1.807, 2.05) is 0 Å². The van der Waals surface area contributed by atoms with Gasteiger partial charge in [-0.2, -0.15) is 0 Å². The van der Waals surface area contributed by atoms with Crippen LogP contribution in [0.2, 0.25) is 0 Å². The molecule has 6 nitrogen and oxygen atoms in total. The fraction of sp³-hybridized carbons (Fsp3) is 0.250. The molecule has 1 amide bonds. The topological polar surface area (TPSA) is 60.3 Å².